The van der Waals surface area contributed by atoms with Crippen LogP contribution >= 0.6 is 0 Å². The van der Waals surface area contributed by atoms with Crippen LogP contribution in [-0.2, 0) is 4.79 Å². The molecule has 0 heterocycles. The summed E-state index contributed by atoms with van der Waals surface area (Å²) >= 11 is 0. The molecule has 6 nitrogen and oxygen atoms in total. The van der Waals surface area contributed by atoms with Crippen molar-refractivity contribution in [2.24, 2.45) is 5.73 Å². The van der Waals surface area contributed by atoms with E-state index >= 15 is 0 Å². The van der Waals surface area contributed by atoms with E-state index < -0.39 is 12.1 Å². The van der Waals surface area contributed by atoms with Crippen molar-refractivity contribution in [2.75, 3.05) is 17.2 Å². The molecule has 5 N–H and O–H groups in total. The van der Waals surface area contributed by atoms with Crippen molar-refractivity contribution >= 4 is 23.3 Å². The fourth-order valence-electron chi connectivity index (χ4n) is 3.16. The largest absolute Gasteiger partial charge is 0.330 e. The molecule has 0 aromatic heterocycles. The maximum atomic E-state index is 12.7. The summed E-state index contributed by atoms with van der Waals surface area (Å²) in [7, 11) is 0. The van der Waals surface area contributed by atoms with Gasteiger partial charge in [-0.1, -0.05) is 60.2 Å². The van der Waals surface area contributed by atoms with Gasteiger partial charge in [0.25, 0.3) is 0 Å². The Balaban J connectivity index is 1.60. The predicted octanol–water partition coefficient (Wildman–Crippen LogP) is 4.53. The molecule has 0 radical (unpaired) electrons. The number of aryl methyl sites for hydroxylation is 1. The van der Waals surface area contributed by atoms with Crippen LogP contribution in [0.5, 0.6) is 0 Å². The van der Waals surface area contributed by atoms with Gasteiger partial charge in [-0.2, -0.15) is 0 Å². The Kier molecular flexibility index (Phi) is 7.79. The second kappa shape index (κ2) is 10.9. The van der Waals surface area contributed by atoms with E-state index in [-0.39, 0.29) is 5.91 Å². The fourth-order valence-corrected chi connectivity index (χ4v) is 3.16. The van der Waals surface area contributed by atoms with Gasteiger partial charge in [0.2, 0.25) is 5.91 Å². The molecule has 0 aliphatic heterocycles. The topological polar surface area (TPSA) is 96.2 Å². The Bertz CT molecular complexity index is 986. The lowest BCUT2D eigenvalue weighted by Crippen LogP contribution is -2.45. The number of amides is 3. The second-order valence-corrected chi connectivity index (χ2v) is 7.38. The highest BCUT2D eigenvalue weighted by molar-refractivity contribution is 5.99. The lowest BCUT2D eigenvalue weighted by molar-refractivity contribution is -0.118. The molecule has 0 bridgehead atoms. The van der Waals surface area contributed by atoms with Crippen LogP contribution in [-0.4, -0.2) is 24.5 Å². The first-order chi connectivity index (χ1) is 15.0. The number of carbonyl (C=O) groups excluding carboxylic acids is 2. The molecule has 0 spiro atoms. The van der Waals surface area contributed by atoms with Crippen molar-refractivity contribution in [3.05, 3.63) is 84.4 Å². The molecule has 3 rings (SSSR count). The van der Waals surface area contributed by atoms with Gasteiger partial charge in [-0.15, -0.1) is 0 Å². The summed E-state index contributed by atoms with van der Waals surface area (Å²) < 4.78 is 0. The SMILES string of the molecule is Cc1ccc(NC(=O)[C@@H](CCCN)NC(=O)Nc2ccc(-c3ccccc3)cc2)cc1. The number of nitrogens with two attached hydrogens (primary N) is 1. The summed E-state index contributed by atoms with van der Waals surface area (Å²) in [5, 5.41) is 8.40. The maximum absolute atomic E-state index is 12.7. The lowest BCUT2D eigenvalue weighted by Gasteiger charge is -2.19. The van der Waals surface area contributed by atoms with Gasteiger partial charge < -0.3 is 21.7 Å². The molecule has 0 saturated heterocycles. The van der Waals surface area contributed by atoms with Gasteiger partial charge in [0, 0.05) is 11.4 Å². The summed E-state index contributed by atoms with van der Waals surface area (Å²) in [6, 6.07) is 24.0. The number of hydrogen-bond donors (Lipinski definition) is 4. The minimum absolute atomic E-state index is 0.271. The first-order valence-corrected chi connectivity index (χ1v) is 10.4. The average Bonchev–Trinajstić information content (AvgIpc) is 2.79. The van der Waals surface area contributed by atoms with Crippen LogP contribution in [0.3, 0.4) is 0 Å². The Morgan fingerprint density at radius 3 is 2.03 bits per heavy atom. The van der Waals surface area contributed by atoms with Crippen molar-refractivity contribution in [2.45, 2.75) is 25.8 Å². The third-order valence-corrected chi connectivity index (χ3v) is 4.89. The number of urea groups is 1. The molecule has 0 aliphatic carbocycles. The van der Waals surface area contributed by atoms with E-state index in [9.17, 15) is 9.59 Å². The Morgan fingerprint density at radius 1 is 0.806 bits per heavy atom. The molecular weight excluding hydrogens is 388 g/mol. The molecule has 0 fully saturated rings. The first-order valence-electron chi connectivity index (χ1n) is 10.4. The van der Waals surface area contributed by atoms with Crippen molar-refractivity contribution < 1.29 is 9.59 Å². The van der Waals surface area contributed by atoms with Crippen molar-refractivity contribution in [1.29, 1.82) is 0 Å². The predicted molar refractivity (Wildman–Crippen MR) is 126 cm³/mol. The highest BCUT2D eigenvalue weighted by atomic mass is 16.2. The maximum Gasteiger partial charge on any atom is 0.319 e. The van der Waals surface area contributed by atoms with Crippen LogP contribution in [0.4, 0.5) is 16.2 Å². The molecule has 1 atom stereocenters. The van der Waals surface area contributed by atoms with E-state index in [0.717, 1.165) is 16.7 Å². The first kappa shape index (κ1) is 22.1. The van der Waals surface area contributed by atoms with Gasteiger partial charge in [0.1, 0.15) is 6.04 Å². The molecule has 0 aliphatic rings. The second-order valence-electron chi connectivity index (χ2n) is 7.38. The zero-order chi connectivity index (χ0) is 22.1. The number of carbonyl (C=O) groups is 2. The Morgan fingerprint density at radius 2 is 1.39 bits per heavy atom. The summed E-state index contributed by atoms with van der Waals surface area (Å²) in [6.07, 6.45) is 1.08. The zero-order valence-electron chi connectivity index (χ0n) is 17.6. The number of rotatable bonds is 8. The van der Waals surface area contributed by atoms with Gasteiger partial charge in [0.15, 0.2) is 0 Å². The molecule has 160 valence electrons. The molecule has 3 amide bonds. The molecule has 0 unspecified atom stereocenters. The zero-order valence-corrected chi connectivity index (χ0v) is 17.6. The number of nitrogens with one attached hydrogen (secondary N) is 3. The van der Waals surface area contributed by atoms with E-state index in [2.05, 4.69) is 16.0 Å². The molecule has 6 heteroatoms. The Hall–Kier alpha value is -3.64. The minimum Gasteiger partial charge on any atom is -0.330 e. The van der Waals surface area contributed by atoms with Crippen LogP contribution in [0.15, 0.2) is 78.9 Å². The normalized spacial score (nSPS) is 11.4. The van der Waals surface area contributed by atoms with Gasteiger partial charge in [-0.3, -0.25) is 4.79 Å². The summed E-state index contributed by atoms with van der Waals surface area (Å²) in [4.78, 5) is 25.2. The Labute approximate surface area is 182 Å². The van der Waals surface area contributed by atoms with Crippen LogP contribution in [0.2, 0.25) is 0 Å². The van der Waals surface area contributed by atoms with Crippen LogP contribution in [0.1, 0.15) is 18.4 Å². The van der Waals surface area contributed by atoms with E-state index in [1.165, 1.54) is 0 Å². The molecule has 0 saturated carbocycles. The number of hydrogen-bond acceptors (Lipinski definition) is 3. The van der Waals surface area contributed by atoms with Gasteiger partial charge >= 0.3 is 6.03 Å². The summed E-state index contributed by atoms with van der Waals surface area (Å²) in [5.41, 5.74) is 10.2. The fraction of sp³-hybridized carbons (Fsp3) is 0.200. The highest BCUT2D eigenvalue weighted by Crippen LogP contribution is 2.21. The van der Waals surface area contributed by atoms with E-state index in [0.29, 0.717) is 30.8 Å². The van der Waals surface area contributed by atoms with E-state index in [1.807, 2.05) is 85.8 Å². The van der Waals surface area contributed by atoms with Gasteiger partial charge in [-0.25, -0.2) is 4.79 Å². The van der Waals surface area contributed by atoms with Crippen LogP contribution in [0, 0.1) is 6.92 Å². The number of anilines is 2. The van der Waals surface area contributed by atoms with E-state index in [1.54, 1.807) is 0 Å². The molecular formula is C25H28N4O2. The third-order valence-electron chi connectivity index (χ3n) is 4.89. The van der Waals surface area contributed by atoms with E-state index in [4.69, 9.17) is 5.73 Å². The van der Waals surface area contributed by atoms with Crippen LogP contribution in [0.25, 0.3) is 11.1 Å². The van der Waals surface area contributed by atoms with Gasteiger partial charge in [-0.05, 0) is 61.7 Å². The number of benzene rings is 3. The summed E-state index contributed by atoms with van der Waals surface area (Å²) in [6.45, 7) is 2.42. The van der Waals surface area contributed by atoms with Gasteiger partial charge in [0.05, 0.1) is 0 Å². The quantitative estimate of drug-likeness (QED) is 0.434. The van der Waals surface area contributed by atoms with Crippen LogP contribution < -0.4 is 21.7 Å². The molecule has 3 aromatic rings. The smallest absolute Gasteiger partial charge is 0.319 e. The molecule has 31 heavy (non-hydrogen) atoms. The standard InChI is InChI=1S/C25H28N4O2/c1-18-9-13-21(14-10-18)27-24(30)23(8-5-17-26)29-25(31)28-22-15-11-20(12-16-22)19-6-3-2-4-7-19/h2-4,6-7,9-16,23H,5,8,17,26H2,1H3,(H,27,30)(H2,28,29,31)/t23-/m1/s1. The monoisotopic (exact) mass is 416 g/mol. The van der Waals surface area contributed by atoms with Crippen molar-refractivity contribution in [3.63, 3.8) is 0 Å². The highest BCUT2D eigenvalue weighted by Gasteiger charge is 2.20. The summed E-state index contributed by atoms with van der Waals surface area (Å²) in [5.74, 6) is -0.271. The average molecular weight is 417 g/mol. The minimum atomic E-state index is -0.687. The lowest BCUT2D eigenvalue weighted by atomic mass is 10.1. The molecule has 3 aromatic carbocycles. The van der Waals surface area contributed by atoms with Crippen molar-refractivity contribution in [1.82, 2.24) is 5.32 Å². The van der Waals surface area contributed by atoms with Crippen molar-refractivity contribution in [3.8, 4) is 11.1 Å². The third kappa shape index (κ3) is 6.69.